The van der Waals surface area contributed by atoms with Crippen LogP contribution in [0.15, 0.2) is 48.5 Å². The molecule has 0 aliphatic carbocycles. The molecule has 3 rings (SSSR count). The highest BCUT2D eigenvalue weighted by Crippen LogP contribution is 2.23. The Morgan fingerprint density at radius 2 is 1.88 bits per heavy atom. The summed E-state index contributed by atoms with van der Waals surface area (Å²) >= 11 is 0. The van der Waals surface area contributed by atoms with E-state index in [0.29, 0.717) is 34.9 Å². The predicted octanol–water partition coefficient (Wildman–Crippen LogP) is 3.65. The van der Waals surface area contributed by atoms with Gasteiger partial charge in [-0.15, -0.1) is 0 Å². The molecule has 172 valence electrons. The van der Waals surface area contributed by atoms with E-state index in [9.17, 15) is 19.7 Å². The molecule has 0 spiro atoms. The van der Waals surface area contributed by atoms with Crippen LogP contribution >= 0.6 is 0 Å². The second-order valence-electron chi connectivity index (χ2n) is 7.21. The lowest BCUT2D eigenvalue weighted by Gasteiger charge is -2.10. The largest absolute Gasteiger partial charge is 0.482 e. The van der Waals surface area contributed by atoms with Crippen LogP contribution < -0.4 is 10.1 Å². The topological polar surface area (TPSA) is 126 Å². The number of anilines is 1. The number of nitrogens with zero attached hydrogens (tertiary/aromatic N) is 3. The summed E-state index contributed by atoms with van der Waals surface area (Å²) in [6.45, 7) is 5.38. The van der Waals surface area contributed by atoms with Gasteiger partial charge in [-0.1, -0.05) is 18.2 Å². The molecule has 1 amide bonds. The fraction of sp³-hybridized carbons (Fsp3) is 0.261. The van der Waals surface area contributed by atoms with E-state index in [1.54, 1.807) is 74.0 Å². The Hall–Kier alpha value is -4.21. The first-order valence-corrected chi connectivity index (χ1v) is 10.3. The molecule has 2 aromatic carbocycles. The molecule has 0 bridgehead atoms. The van der Waals surface area contributed by atoms with Crippen LogP contribution in [-0.4, -0.2) is 39.8 Å². The summed E-state index contributed by atoms with van der Waals surface area (Å²) in [4.78, 5) is 34.8. The summed E-state index contributed by atoms with van der Waals surface area (Å²) in [5, 5.41) is 18.2. The van der Waals surface area contributed by atoms with Crippen molar-refractivity contribution in [1.29, 1.82) is 0 Å². The molecule has 33 heavy (non-hydrogen) atoms. The van der Waals surface area contributed by atoms with E-state index in [4.69, 9.17) is 9.47 Å². The number of benzene rings is 2. The molecule has 0 aliphatic heterocycles. The van der Waals surface area contributed by atoms with Crippen LogP contribution in [0.3, 0.4) is 0 Å². The highest BCUT2D eigenvalue weighted by molar-refractivity contribution is 6.04. The zero-order valence-corrected chi connectivity index (χ0v) is 18.5. The number of amides is 1. The Morgan fingerprint density at radius 1 is 1.15 bits per heavy atom. The number of nitro groups is 1. The van der Waals surface area contributed by atoms with E-state index in [2.05, 4.69) is 10.4 Å². The first-order valence-electron chi connectivity index (χ1n) is 10.3. The Kier molecular flexibility index (Phi) is 7.39. The van der Waals surface area contributed by atoms with E-state index in [1.807, 2.05) is 0 Å². The van der Waals surface area contributed by atoms with Gasteiger partial charge in [0.25, 0.3) is 5.91 Å². The molecular weight excluding hydrogens is 428 g/mol. The number of ether oxygens (including phenoxy) is 2. The van der Waals surface area contributed by atoms with Crippen LogP contribution in [-0.2, 0) is 16.1 Å². The number of carbonyl (C=O) groups excluding carboxylic acids is 2. The van der Waals surface area contributed by atoms with Crippen LogP contribution in [0.5, 0.6) is 5.75 Å². The minimum Gasteiger partial charge on any atom is -0.482 e. The van der Waals surface area contributed by atoms with E-state index in [-0.39, 0.29) is 24.8 Å². The monoisotopic (exact) mass is 452 g/mol. The number of esters is 1. The lowest BCUT2D eigenvalue weighted by atomic mass is 10.1. The van der Waals surface area contributed by atoms with Gasteiger partial charge in [0.1, 0.15) is 17.1 Å². The zero-order chi connectivity index (χ0) is 24.0. The van der Waals surface area contributed by atoms with Crippen molar-refractivity contribution in [2.24, 2.45) is 0 Å². The van der Waals surface area contributed by atoms with Crippen LogP contribution in [0.25, 0.3) is 0 Å². The van der Waals surface area contributed by atoms with Gasteiger partial charge in [-0.3, -0.25) is 19.6 Å². The maximum Gasteiger partial charge on any atom is 0.344 e. The molecule has 0 fully saturated rings. The van der Waals surface area contributed by atoms with Gasteiger partial charge in [-0.25, -0.2) is 4.79 Å². The van der Waals surface area contributed by atoms with Gasteiger partial charge in [-0.2, -0.15) is 5.10 Å². The number of carbonyl (C=O) groups is 2. The Labute approximate surface area is 190 Å². The van der Waals surface area contributed by atoms with Crippen LogP contribution in [0.4, 0.5) is 11.4 Å². The average Bonchev–Trinajstić information content (AvgIpc) is 3.06. The van der Waals surface area contributed by atoms with Crippen molar-refractivity contribution in [3.05, 3.63) is 81.2 Å². The standard InChI is InChI=1S/C23H24N4O6/c1-4-32-21(28)14-33-20-7-5-6-19(12-20)24-23(29)18-10-8-17(9-11-18)13-26-16(3)22(27(30)31)15(2)25-26/h5-12H,4,13-14H2,1-3H3,(H,24,29). The van der Waals surface area contributed by atoms with Crippen molar-refractivity contribution >= 4 is 23.3 Å². The van der Waals surface area contributed by atoms with Gasteiger partial charge in [-0.05, 0) is 50.6 Å². The number of nitrogens with one attached hydrogen (secondary N) is 1. The van der Waals surface area contributed by atoms with Gasteiger partial charge >= 0.3 is 11.7 Å². The fourth-order valence-corrected chi connectivity index (χ4v) is 3.25. The third-order valence-electron chi connectivity index (χ3n) is 4.83. The molecule has 10 heteroatoms. The van der Waals surface area contributed by atoms with Crippen LogP contribution in [0, 0.1) is 24.0 Å². The molecule has 1 N–H and O–H groups in total. The van der Waals surface area contributed by atoms with E-state index < -0.39 is 10.9 Å². The minimum atomic E-state index is -0.470. The summed E-state index contributed by atoms with van der Waals surface area (Å²) < 4.78 is 11.8. The van der Waals surface area contributed by atoms with Gasteiger partial charge in [0.2, 0.25) is 0 Å². The van der Waals surface area contributed by atoms with Gasteiger partial charge < -0.3 is 14.8 Å². The SMILES string of the molecule is CCOC(=O)COc1cccc(NC(=O)c2ccc(Cn3nc(C)c([N+](=O)[O-])c3C)cc2)c1. The van der Waals surface area contributed by atoms with Crippen molar-refractivity contribution in [1.82, 2.24) is 9.78 Å². The van der Waals surface area contributed by atoms with Crippen molar-refractivity contribution < 1.29 is 24.0 Å². The maximum atomic E-state index is 12.6. The molecular formula is C23H24N4O6. The number of aryl methyl sites for hydroxylation is 1. The molecule has 1 aromatic heterocycles. The van der Waals surface area contributed by atoms with Crippen LogP contribution in [0.1, 0.15) is 34.2 Å². The van der Waals surface area contributed by atoms with Gasteiger partial charge in [0, 0.05) is 17.3 Å². The quantitative estimate of drug-likeness (QED) is 0.298. The first-order chi connectivity index (χ1) is 15.8. The van der Waals surface area contributed by atoms with Crippen molar-refractivity contribution in [3.63, 3.8) is 0 Å². The highest BCUT2D eigenvalue weighted by Gasteiger charge is 2.21. The lowest BCUT2D eigenvalue weighted by molar-refractivity contribution is -0.386. The Bertz CT molecular complexity index is 1170. The van der Waals surface area contributed by atoms with Crippen molar-refractivity contribution in [2.45, 2.75) is 27.3 Å². The Balaban J connectivity index is 1.63. The number of hydrogen-bond donors (Lipinski definition) is 1. The van der Waals surface area contributed by atoms with Crippen LogP contribution in [0.2, 0.25) is 0 Å². The fourth-order valence-electron chi connectivity index (χ4n) is 3.25. The van der Waals surface area contributed by atoms with Gasteiger partial charge in [0.05, 0.1) is 18.1 Å². The van der Waals surface area contributed by atoms with Gasteiger partial charge in [0.15, 0.2) is 6.61 Å². The highest BCUT2D eigenvalue weighted by atomic mass is 16.6. The molecule has 0 aliphatic rings. The zero-order valence-electron chi connectivity index (χ0n) is 18.5. The molecule has 0 atom stereocenters. The minimum absolute atomic E-state index is 0.0134. The van der Waals surface area contributed by atoms with E-state index in [0.717, 1.165) is 5.56 Å². The molecule has 0 saturated heterocycles. The molecule has 1 heterocycles. The second kappa shape index (κ2) is 10.4. The summed E-state index contributed by atoms with van der Waals surface area (Å²) in [6, 6.07) is 13.6. The second-order valence-corrected chi connectivity index (χ2v) is 7.21. The number of rotatable bonds is 9. The molecule has 3 aromatic rings. The summed E-state index contributed by atoms with van der Waals surface area (Å²) in [7, 11) is 0. The van der Waals surface area contributed by atoms with E-state index in [1.165, 1.54) is 0 Å². The normalized spacial score (nSPS) is 10.5. The summed E-state index contributed by atoms with van der Waals surface area (Å²) in [5.74, 6) is -0.358. The number of hydrogen-bond acceptors (Lipinski definition) is 7. The first kappa shape index (κ1) is 23.5. The van der Waals surface area contributed by atoms with E-state index >= 15 is 0 Å². The van der Waals surface area contributed by atoms with Crippen molar-refractivity contribution in [2.75, 3.05) is 18.5 Å². The predicted molar refractivity (Wildman–Crippen MR) is 120 cm³/mol. The third-order valence-corrected chi connectivity index (χ3v) is 4.83. The average molecular weight is 452 g/mol. The summed E-state index contributed by atoms with van der Waals surface area (Å²) in [5.41, 5.74) is 2.66. The molecule has 0 saturated carbocycles. The molecule has 10 nitrogen and oxygen atoms in total. The van der Waals surface area contributed by atoms with Crippen molar-refractivity contribution in [3.8, 4) is 5.75 Å². The Morgan fingerprint density at radius 3 is 2.52 bits per heavy atom. The number of aromatic nitrogens is 2. The molecule has 0 unspecified atom stereocenters. The smallest absolute Gasteiger partial charge is 0.344 e. The molecule has 0 radical (unpaired) electrons. The third kappa shape index (κ3) is 5.94. The summed E-state index contributed by atoms with van der Waals surface area (Å²) in [6.07, 6.45) is 0. The lowest BCUT2D eigenvalue weighted by Crippen LogP contribution is -2.15. The maximum absolute atomic E-state index is 12.6.